The molecular formula is C24H21NO3. The molecule has 0 amide bonds. The van der Waals surface area contributed by atoms with Crippen molar-refractivity contribution in [3.8, 4) is 5.75 Å². The Balaban J connectivity index is 1.52. The maximum Gasteiger partial charge on any atom is 0.307 e. The van der Waals surface area contributed by atoms with Crippen LogP contribution < -0.4 is 4.74 Å². The molecule has 0 atom stereocenters. The Hall–Kier alpha value is -3.53. The van der Waals surface area contributed by atoms with E-state index in [9.17, 15) is 4.79 Å². The first-order valence-electron chi connectivity index (χ1n) is 9.23. The molecule has 1 aromatic heterocycles. The second-order valence-electron chi connectivity index (χ2n) is 6.79. The lowest BCUT2D eigenvalue weighted by molar-refractivity contribution is -0.136. The molecule has 0 radical (unpaired) electrons. The SMILES string of the molecule is O=C(O)Cc1cccc2c1ccn2Cc1cccc(OCc2ccccc2)c1. The lowest BCUT2D eigenvalue weighted by atomic mass is 10.1. The quantitative estimate of drug-likeness (QED) is 0.503. The van der Waals surface area contributed by atoms with Gasteiger partial charge in [-0.3, -0.25) is 4.79 Å². The Labute approximate surface area is 163 Å². The van der Waals surface area contributed by atoms with Crippen LogP contribution in [0.15, 0.2) is 85.1 Å². The Morgan fingerprint density at radius 1 is 0.893 bits per heavy atom. The first-order valence-corrected chi connectivity index (χ1v) is 9.23. The Morgan fingerprint density at radius 2 is 1.68 bits per heavy atom. The van der Waals surface area contributed by atoms with E-state index >= 15 is 0 Å². The monoisotopic (exact) mass is 371 g/mol. The van der Waals surface area contributed by atoms with Crippen LogP contribution in [0, 0.1) is 0 Å². The molecule has 1 N–H and O–H groups in total. The molecule has 0 aliphatic heterocycles. The number of fused-ring (bicyclic) bond motifs is 1. The number of hydrogen-bond donors (Lipinski definition) is 1. The van der Waals surface area contributed by atoms with Gasteiger partial charge in [-0.2, -0.15) is 0 Å². The van der Waals surface area contributed by atoms with Crippen LogP contribution in [0.1, 0.15) is 16.7 Å². The molecule has 4 nitrogen and oxygen atoms in total. The molecule has 0 saturated heterocycles. The van der Waals surface area contributed by atoms with E-state index in [1.807, 2.05) is 72.9 Å². The van der Waals surface area contributed by atoms with Crippen molar-refractivity contribution in [2.45, 2.75) is 19.6 Å². The van der Waals surface area contributed by atoms with Crippen LogP contribution in [0.4, 0.5) is 0 Å². The zero-order valence-electron chi connectivity index (χ0n) is 15.4. The van der Waals surface area contributed by atoms with E-state index in [1.165, 1.54) is 0 Å². The van der Waals surface area contributed by atoms with Crippen LogP contribution in [0.2, 0.25) is 0 Å². The number of nitrogens with zero attached hydrogens (tertiary/aromatic N) is 1. The third-order valence-corrected chi connectivity index (χ3v) is 4.75. The fourth-order valence-electron chi connectivity index (χ4n) is 3.41. The zero-order valence-corrected chi connectivity index (χ0v) is 15.4. The summed E-state index contributed by atoms with van der Waals surface area (Å²) in [6.45, 7) is 1.23. The minimum atomic E-state index is -0.816. The summed E-state index contributed by atoms with van der Waals surface area (Å²) in [5, 5.41) is 10.1. The van der Waals surface area contributed by atoms with Gasteiger partial charge in [0.1, 0.15) is 12.4 Å². The fourth-order valence-corrected chi connectivity index (χ4v) is 3.41. The molecule has 0 bridgehead atoms. The largest absolute Gasteiger partial charge is 0.489 e. The number of carboxylic acids is 1. The van der Waals surface area contributed by atoms with Crippen molar-refractivity contribution in [3.63, 3.8) is 0 Å². The van der Waals surface area contributed by atoms with Crippen LogP contribution >= 0.6 is 0 Å². The van der Waals surface area contributed by atoms with Gasteiger partial charge >= 0.3 is 5.97 Å². The molecule has 28 heavy (non-hydrogen) atoms. The average molecular weight is 371 g/mol. The Morgan fingerprint density at radius 3 is 2.50 bits per heavy atom. The van der Waals surface area contributed by atoms with Gasteiger partial charge in [0.25, 0.3) is 0 Å². The van der Waals surface area contributed by atoms with Crippen molar-refractivity contribution in [1.29, 1.82) is 0 Å². The third-order valence-electron chi connectivity index (χ3n) is 4.75. The van der Waals surface area contributed by atoms with Gasteiger partial charge in [0.05, 0.1) is 6.42 Å². The summed E-state index contributed by atoms with van der Waals surface area (Å²) in [7, 11) is 0. The molecule has 140 valence electrons. The number of aliphatic carboxylic acids is 1. The molecular weight excluding hydrogens is 350 g/mol. The van der Waals surface area contributed by atoms with E-state index in [1.54, 1.807) is 0 Å². The van der Waals surface area contributed by atoms with Crippen LogP contribution in [0.25, 0.3) is 10.9 Å². The van der Waals surface area contributed by atoms with Gasteiger partial charge in [0.15, 0.2) is 0 Å². The summed E-state index contributed by atoms with van der Waals surface area (Å²) in [4.78, 5) is 11.1. The molecule has 4 heteroatoms. The maximum absolute atomic E-state index is 11.1. The zero-order chi connectivity index (χ0) is 19.3. The minimum Gasteiger partial charge on any atom is -0.489 e. The topological polar surface area (TPSA) is 51.5 Å². The predicted octanol–water partition coefficient (Wildman–Crippen LogP) is 4.90. The number of ether oxygens (including phenoxy) is 1. The van der Waals surface area contributed by atoms with E-state index in [-0.39, 0.29) is 6.42 Å². The van der Waals surface area contributed by atoms with Crippen molar-refractivity contribution >= 4 is 16.9 Å². The van der Waals surface area contributed by atoms with E-state index in [0.29, 0.717) is 13.2 Å². The summed E-state index contributed by atoms with van der Waals surface area (Å²) >= 11 is 0. The lowest BCUT2D eigenvalue weighted by Gasteiger charge is -2.10. The molecule has 0 aliphatic carbocycles. The first-order chi connectivity index (χ1) is 13.7. The van der Waals surface area contributed by atoms with Crippen LogP contribution in [0.3, 0.4) is 0 Å². The minimum absolute atomic E-state index is 0.0319. The van der Waals surface area contributed by atoms with Gasteiger partial charge in [0, 0.05) is 23.6 Å². The maximum atomic E-state index is 11.1. The molecule has 0 fully saturated rings. The van der Waals surface area contributed by atoms with E-state index in [4.69, 9.17) is 9.84 Å². The summed E-state index contributed by atoms with van der Waals surface area (Å²) in [6.07, 6.45) is 2.04. The third kappa shape index (κ3) is 4.07. The van der Waals surface area contributed by atoms with E-state index in [2.05, 4.69) is 16.7 Å². The molecule has 3 aromatic carbocycles. The first kappa shape index (κ1) is 17.9. The van der Waals surface area contributed by atoms with Crippen LogP contribution in [-0.2, 0) is 24.4 Å². The van der Waals surface area contributed by atoms with E-state index in [0.717, 1.165) is 33.3 Å². The highest BCUT2D eigenvalue weighted by Crippen LogP contribution is 2.23. The summed E-state index contributed by atoms with van der Waals surface area (Å²) in [6, 6.07) is 26.0. The predicted molar refractivity (Wildman–Crippen MR) is 110 cm³/mol. The van der Waals surface area contributed by atoms with Gasteiger partial charge < -0.3 is 14.4 Å². The summed E-state index contributed by atoms with van der Waals surface area (Å²) in [5.74, 6) is 0.0212. The number of rotatable bonds is 7. The Bertz CT molecular complexity index is 1100. The smallest absolute Gasteiger partial charge is 0.307 e. The van der Waals surface area contributed by atoms with Crippen molar-refractivity contribution in [1.82, 2.24) is 4.57 Å². The van der Waals surface area contributed by atoms with Crippen LogP contribution in [-0.4, -0.2) is 15.6 Å². The standard InChI is InChI=1S/C24H21NO3/c26-24(27)15-20-9-5-11-23-22(20)12-13-25(23)16-19-8-4-10-21(14-19)28-17-18-6-2-1-3-7-18/h1-14H,15-17H2,(H,26,27). The number of hydrogen-bond acceptors (Lipinski definition) is 2. The molecule has 4 rings (SSSR count). The number of benzene rings is 3. The fraction of sp³-hybridized carbons (Fsp3) is 0.125. The number of aromatic nitrogens is 1. The second kappa shape index (κ2) is 8.01. The van der Waals surface area contributed by atoms with Crippen molar-refractivity contribution < 1.29 is 14.6 Å². The Kier molecular flexibility index (Phi) is 5.11. The highest BCUT2D eigenvalue weighted by Gasteiger charge is 2.09. The molecule has 0 saturated carbocycles. The summed E-state index contributed by atoms with van der Waals surface area (Å²) < 4.78 is 8.06. The molecule has 0 spiro atoms. The average Bonchev–Trinajstić information content (AvgIpc) is 3.11. The highest BCUT2D eigenvalue weighted by atomic mass is 16.5. The van der Waals surface area contributed by atoms with Crippen molar-refractivity contribution in [3.05, 3.63) is 102 Å². The highest BCUT2D eigenvalue weighted by molar-refractivity contribution is 5.87. The van der Waals surface area contributed by atoms with Crippen molar-refractivity contribution in [2.24, 2.45) is 0 Å². The van der Waals surface area contributed by atoms with Crippen LogP contribution in [0.5, 0.6) is 5.75 Å². The normalized spacial score (nSPS) is 10.9. The van der Waals surface area contributed by atoms with Gasteiger partial charge in [0.2, 0.25) is 0 Å². The molecule has 0 aliphatic rings. The van der Waals surface area contributed by atoms with Gasteiger partial charge in [-0.1, -0.05) is 54.6 Å². The number of carbonyl (C=O) groups is 1. The van der Waals surface area contributed by atoms with Gasteiger partial charge in [-0.25, -0.2) is 0 Å². The molecule has 4 aromatic rings. The van der Waals surface area contributed by atoms with Crippen molar-refractivity contribution in [2.75, 3.05) is 0 Å². The number of carboxylic acid groups (broad SMARTS) is 1. The van der Waals surface area contributed by atoms with Gasteiger partial charge in [-0.05, 0) is 41.0 Å². The second-order valence-corrected chi connectivity index (χ2v) is 6.79. The molecule has 1 heterocycles. The molecule has 0 unspecified atom stereocenters. The lowest BCUT2D eigenvalue weighted by Crippen LogP contribution is -2.02. The van der Waals surface area contributed by atoms with E-state index < -0.39 is 5.97 Å². The van der Waals surface area contributed by atoms with Gasteiger partial charge in [-0.15, -0.1) is 0 Å². The summed E-state index contributed by atoms with van der Waals surface area (Å²) in [5.41, 5.74) is 4.14.